The van der Waals surface area contributed by atoms with Crippen molar-refractivity contribution in [2.45, 2.75) is 111 Å². The van der Waals surface area contributed by atoms with Gasteiger partial charge in [0, 0.05) is 12.8 Å². The zero-order chi connectivity index (χ0) is 29.0. The summed E-state index contributed by atoms with van der Waals surface area (Å²) in [6, 6.07) is -3.98. The van der Waals surface area contributed by atoms with Crippen LogP contribution in [0.3, 0.4) is 0 Å². The van der Waals surface area contributed by atoms with E-state index in [0.717, 1.165) is 6.42 Å². The van der Waals surface area contributed by atoms with Crippen LogP contribution in [0.5, 0.6) is 0 Å². The number of carbonyl (C=O) groups is 5. The first-order valence-electron chi connectivity index (χ1n) is 12.6. The summed E-state index contributed by atoms with van der Waals surface area (Å²) in [5, 5.41) is 35.2. The van der Waals surface area contributed by atoms with E-state index in [1.54, 1.807) is 0 Å². The van der Waals surface area contributed by atoms with E-state index in [1.165, 1.54) is 6.92 Å². The van der Waals surface area contributed by atoms with Crippen LogP contribution in [-0.2, 0) is 24.0 Å². The number of aliphatic carboxylic acids is 2. The number of nitrogens with one attached hydrogen (secondary N) is 3. The number of hydrogen-bond acceptors (Lipinski definition) is 7. The second-order valence-corrected chi connectivity index (χ2v) is 11.6. The van der Waals surface area contributed by atoms with Crippen LogP contribution in [-0.4, -0.2) is 75.8 Å². The number of carboxylic acid groups (broad SMARTS) is 2. The van der Waals surface area contributed by atoms with Gasteiger partial charge in [-0.2, -0.15) is 0 Å². The number of aliphatic hydroxyl groups is 1. The average molecular weight is 531 g/mol. The average Bonchev–Trinajstić information content (AvgIpc) is 2.72. The van der Waals surface area contributed by atoms with E-state index in [0.29, 0.717) is 12.8 Å². The summed E-state index contributed by atoms with van der Waals surface area (Å²) in [6.45, 7) is 11.3. The summed E-state index contributed by atoms with van der Waals surface area (Å²) in [7, 11) is 0. The highest BCUT2D eigenvalue weighted by atomic mass is 16.4. The number of carboxylic acids is 2. The summed E-state index contributed by atoms with van der Waals surface area (Å²) in [5.74, 6) is -3.98. The van der Waals surface area contributed by atoms with Crippen LogP contribution in [0.2, 0.25) is 0 Å². The summed E-state index contributed by atoms with van der Waals surface area (Å²) < 4.78 is 0. The number of aliphatic hydroxyl groups excluding tert-OH is 1. The maximum absolute atomic E-state index is 12.5. The summed E-state index contributed by atoms with van der Waals surface area (Å²) in [4.78, 5) is 59.6. The fraction of sp³-hybridized carbons (Fsp3) is 0.800. The quantitative estimate of drug-likeness (QED) is 0.141. The lowest BCUT2D eigenvalue weighted by atomic mass is 9.74. The van der Waals surface area contributed by atoms with Crippen LogP contribution in [0.4, 0.5) is 0 Å². The van der Waals surface area contributed by atoms with Crippen molar-refractivity contribution in [3.63, 3.8) is 0 Å². The molecular weight excluding hydrogens is 484 g/mol. The monoisotopic (exact) mass is 530 g/mol. The highest BCUT2D eigenvalue weighted by Gasteiger charge is 2.30. The summed E-state index contributed by atoms with van der Waals surface area (Å²) in [6.07, 6.45) is 1.41. The van der Waals surface area contributed by atoms with Crippen LogP contribution in [0.25, 0.3) is 0 Å². The molecule has 0 aromatic heterocycles. The molecule has 0 radical (unpaired) electrons. The maximum Gasteiger partial charge on any atom is 0.326 e. The highest BCUT2D eigenvalue weighted by molar-refractivity contribution is 5.90. The Morgan fingerprint density at radius 3 is 1.92 bits per heavy atom. The van der Waals surface area contributed by atoms with E-state index in [-0.39, 0.29) is 49.0 Å². The molecule has 0 aromatic carbocycles. The molecule has 0 spiro atoms. The van der Waals surface area contributed by atoms with Gasteiger partial charge < -0.3 is 37.0 Å². The molecule has 0 aliphatic heterocycles. The fourth-order valence-electron chi connectivity index (χ4n) is 4.34. The first kappa shape index (κ1) is 34.3. The Kier molecular flexibility index (Phi) is 14.4. The van der Waals surface area contributed by atoms with Gasteiger partial charge in [-0.3, -0.25) is 19.2 Å². The molecule has 3 amide bonds. The summed E-state index contributed by atoms with van der Waals surface area (Å²) in [5.41, 5.74) is 5.17. The molecule has 0 aromatic rings. The summed E-state index contributed by atoms with van der Waals surface area (Å²) >= 11 is 0. The zero-order valence-electron chi connectivity index (χ0n) is 22.9. The topological polar surface area (TPSA) is 208 Å². The predicted molar refractivity (Wildman–Crippen MR) is 137 cm³/mol. The molecule has 37 heavy (non-hydrogen) atoms. The largest absolute Gasteiger partial charge is 0.480 e. The van der Waals surface area contributed by atoms with Crippen molar-refractivity contribution < 1.29 is 39.3 Å². The molecule has 4 atom stereocenters. The SMILES string of the molecule is CC(NC(=O)CC(C)(C)CC(C)(C)C)C(=O)NC(CCC(=O)NC(CO)CCCC(N)C(=O)O)C(=O)O. The molecule has 12 heteroatoms. The van der Waals surface area contributed by atoms with Gasteiger partial charge in [-0.1, -0.05) is 34.6 Å². The van der Waals surface area contributed by atoms with Crippen LogP contribution >= 0.6 is 0 Å². The first-order valence-corrected chi connectivity index (χ1v) is 12.6. The number of amides is 3. The van der Waals surface area contributed by atoms with Crippen molar-refractivity contribution in [3.05, 3.63) is 0 Å². The molecule has 214 valence electrons. The normalized spacial score (nSPS) is 15.1. The number of rotatable bonds is 17. The Hall–Kier alpha value is -2.73. The minimum absolute atomic E-state index is 0.0266. The van der Waals surface area contributed by atoms with Gasteiger partial charge in [-0.15, -0.1) is 0 Å². The lowest BCUT2D eigenvalue weighted by Gasteiger charge is -2.32. The Morgan fingerprint density at radius 1 is 0.838 bits per heavy atom. The smallest absolute Gasteiger partial charge is 0.326 e. The molecule has 0 bridgehead atoms. The molecule has 8 N–H and O–H groups in total. The van der Waals surface area contributed by atoms with Crippen molar-refractivity contribution in [3.8, 4) is 0 Å². The van der Waals surface area contributed by atoms with Crippen LogP contribution in [0, 0.1) is 10.8 Å². The van der Waals surface area contributed by atoms with Gasteiger partial charge in [0.2, 0.25) is 17.7 Å². The van der Waals surface area contributed by atoms with E-state index in [2.05, 4.69) is 36.7 Å². The van der Waals surface area contributed by atoms with Crippen LogP contribution in [0.15, 0.2) is 0 Å². The Labute approximate surface area is 219 Å². The second-order valence-electron chi connectivity index (χ2n) is 11.6. The second kappa shape index (κ2) is 15.5. The molecule has 0 saturated carbocycles. The van der Waals surface area contributed by atoms with E-state index in [4.69, 9.17) is 10.8 Å². The molecule has 0 rings (SSSR count). The molecule has 0 saturated heterocycles. The zero-order valence-corrected chi connectivity index (χ0v) is 22.9. The predicted octanol–water partition coefficient (Wildman–Crippen LogP) is 0.753. The molecule has 0 heterocycles. The van der Waals surface area contributed by atoms with Gasteiger partial charge in [-0.05, 0) is 49.9 Å². The number of hydrogen-bond donors (Lipinski definition) is 7. The van der Waals surface area contributed by atoms with Gasteiger partial charge in [0.05, 0.1) is 12.6 Å². The van der Waals surface area contributed by atoms with E-state index >= 15 is 0 Å². The third-order valence-electron chi connectivity index (χ3n) is 5.66. The lowest BCUT2D eigenvalue weighted by molar-refractivity contribution is -0.142. The van der Waals surface area contributed by atoms with Gasteiger partial charge >= 0.3 is 11.9 Å². The highest BCUT2D eigenvalue weighted by Crippen LogP contribution is 2.35. The number of carbonyl (C=O) groups excluding carboxylic acids is 3. The van der Waals surface area contributed by atoms with Gasteiger partial charge in [0.1, 0.15) is 18.1 Å². The van der Waals surface area contributed by atoms with Gasteiger partial charge in [0.25, 0.3) is 0 Å². The Morgan fingerprint density at radius 2 is 1.43 bits per heavy atom. The third kappa shape index (κ3) is 15.9. The van der Waals surface area contributed by atoms with Gasteiger partial charge in [-0.25, -0.2) is 4.79 Å². The minimum atomic E-state index is -1.35. The van der Waals surface area contributed by atoms with Crippen molar-refractivity contribution in [1.29, 1.82) is 0 Å². The van der Waals surface area contributed by atoms with Gasteiger partial charge in [0.15, 0.2) is 0 Å². The van der Waals surface area contributed by atoms with E-state index < -0.39 is 47.9 Å². The molecule has 0 aliphatic carbocycles. The van der Waals surface area contributed by atoms with Crippen molar-refractivity contribution in [2.75, 3.05) is 6.61 Å². The first-order chi connectivity index (χ1) is 16.9. The standard InChI is InChI=1S/C25H46N4O8/c1-15(27-20(32)12-25(5,6)14-24(2,3)4)21(33)29-18(23(36)37)10-11-19(31)28-16(13-30)8-7-9-17(26)22(34)35/h15-18,30H,7-14,26H2,1-6H3,(H,27,32)(H,28,31)(H,29,33)(H,34,35)(H,36,37). The molecule has 0 fully saturated rings. The molecule has 0 aliphatic rings. The van der Waals surface area contributed by atoms with Crippen molar-refractivity contribution in [1.82, 2.24) is 16.0 Å². The fourth-order valence-corrected chi connectivity index (χ4v) is 4.34. The number of nitrogens with two attached hydrogens (primary N) is 1. The molecule has 4 unspecified atom stereocenters. The van der Waals surface area contributed by atoms with E-state index in [9.17, 15) is 34.2 Å². The van der Waals surface area contributed by atoms with Crippen molar-refractivity contribution in [2.24, 2.45) is 16.6 Å². The minimum Gasteiger partial charge on any atom is -0.480 e. The Balaban J connectivity index is 4.72. The lowest BCUT2D eigenvalue weighted by Crippen LogP contribution is -2.51. The van der Waals surface area contributed by atoms with Crippen molar-refractivity contribution >= 4 is 29.7 Å². The van der Waals surface area contributed by atoms with Crippen LogP contribution in [0.1, 0.15) is 86.5 Å². The Bertz CT molecular complexity index is 794. The molecule has 12 nitrogen and oxygen atoms in total. The maximum atomic E-state index is 12.5. The van der Waals surface area contributed by atoms with E-state index in [1.807, 2.05) is 13.8 Å². The van der Waals surface area contributed by atoms with Crippen LogP contribution < -0.4 is 21.7 Å². The molecular formula is C25H46N4O8. The third-order valence-corrected chi connectivity index (χ3v) is 5.66.